The second-order valence-electron chi connectivity index (χ2n) is 3.16. The van der Waals surface area contributed by atoms with E-state index in [2.05, 4.69) is 22.7 Å². The fourth-order valence-corrected chi connectivity index (χ4v) is 1.26. The Hall–Kier alpha value is -0.950. The molecule has 0 saturated heterocycles. The van der Waals surface area contributed by atoms with E-state index in [1.165, 1.54) is 0 Å². The predicted octanol–water partition coefficient (Wildman–Crippen LogP) is 0.193. The van der Waals surface area contributed by atoms with Crippen molar-refractivity contribution < 1.29 is 14.3 Å². The molecule has 0 fully saturated rings. The molecule has 2 amide bonds. The fourth-order valence-electron chi connectivity index (χ4n) is 1.04. The molecule has 0 aromatic rings. The van der Waals surface area contributed by atoms with Gasteiger partial charge in [0.15, 0.2) is 0 Å². The van der Waals surface area contributed by atoms with Crippen LogP contribution in [0, 0.1) is 0 Å². The summed E-state index contributed by atoms with van der Waals surface area (Å²) in [6, 6.07) is 0. The summed E-state index contributed by atoms with van der Waals surface area (Å²) in [5, 5.41) is 2.64. The Labute approximate surface area is 101 Å². The van der Waals surface area contributed by atoms with Crippen LogP contribution in [0.3, 0.4) is 0 Å². The lowest BCUT2D eigenvalue weighted by Gasteiger charge is -2.05. The summed E-state index contributed by atoms with van der Waals surface area (Å²) in [5.74, 6) is 5.61. The Morgan fingerprint density at radius 1 is 1.25 bits per heavy atom. The lowest BCUT2D eigenvalue weighted by molar-refractivity contribution is -0.121. The Morgan fingerprint density at radius 3 is 2.62 bits per heavy atom. The van der Waals surface area contributed by atoms with E-state index in [9.17, 15) is 9.59 Å². The molecule has 4 N–H and O–H groups in total. The average Bonchev–Trinajstić information content (AvgIpc) is 2.30. The molecule has 0 aliphatic heterocycles. The summed E-state index contributed by atoms with van der Waals surface area (Å²) in [7, 11) is 0. The zero-order chi connectivity index (χ0) is 12.2. The van der Waals surface area contributed by atoms with Gasteiger partial charge in [-0.1, -0.05) is 6.42 Å². The lowest BCUT2D eigenvalue weighted by Crippen LogP contribution is -2.34. The molecule has 0 unspecified atom stereocenters. The molecule has 0 spiro atoms. The number of ether oxygens (including phenoxy) is 1. The predicted molar refractivity (Wildman–Crippen MR) is 64.0 cm³/mol. The number of rotatable bonds is 8. The summed E-state index contributed by atoms with van der Waals surface area (Å²) >= 11 is 4.08. The number of amides is 2. The highest BCUT2D eigenvalue weighted by Gasteiger charge is 2.01. The summed E-state index contributed by atoms with van der Waals surface area (Å²) < 4.78 is 4.58. The number of nitrogens with one attached hydrogen (secondary N) is 2. The molecule has 0 atom stereocenters. The average molecular weight is 249 g/mol. The third-order valence-corrected chi connectivity index (χ3v) is 2.15. The van der Waals surface area contributed by atoms with Crippen LogP contribution in [0.1, 0.15) is 25.7 Å². The van der Waals surface area contributed by atoms with Gasteiger partial charge < -0.3 is 10.1 Å². The molecule has 7 heteroatoms. The third kappa shape index (κ3) is 9.60. The van der Waals surface area contributed by atoms with Crippen LogP contribution >= 0.6 is 12.6 Å². The molecule has 0 aliphatic rings. The van der Waals surface area contributed by atoms with Crippen LogP contribution in [0.15, 0.2) is 0 Å². The normalized spacial score (nSPS) is 9.62. The van der Waals surface area contributed by atoms with Crippen molar-refractivity contribution in [2.45, 2.75) is 25.7 Å². The van der Waals surface area contributed by atoms with Crippen molar-refractivity contribution >= 4 is 24.6 Å². The first-order valence-electron chi connectivity index (χ1n) is 5.21. The van der Waals surface area contributed by atoms with Crippen molar-refractivity contribution in [1.82, 2.24) is 10.7 Å². The number of carbonyl (C=O) groups excluding carboxylic acids is 2. The molecule has 0 aromatic carbocycles. The smallest absolute Gasteiger partial charge is 0.421 e. The number of nitrogens with two attached hydrogens (primary N) is 1. The van der Waals surface area contributed by atoms with Gasteiger partial charge in [-0.25, -0.2) is 10.6 Å². The minimum Gasteiger partial charge on any atom is -0.447 e. The van der Waals surface area contributed by atoms with Crippen LogP contribution in [0.2, 0.25) is 0 Å². The van der Waals surface area contributed by atoms with E-state index in [-0.39, 0.29) is 12.5 Å². The highest BCUT2D eigenvalue weighted by Crippen LogP contribution is 2.00. The van der Waals surface area contributed by atoms with E-state index >= 15 is 0 Å². The van der Waals surface area contributed by atoms with Gasteiger partial charge >= 0.3 is 6.09 Å². The van der Waals surface area contributed by atoms with Gasteiger partial charge in [-0.05, 0) is 18.6 Å². The molecule has 0 aromatic heterocycles. The first-order chi connectivity index (χ1) is 7.70. The van der Waals surface area contributed by atoms with Gasteiger partial charge in [0.2, 0.25) is 5.91 Å². The minimum absolute atomic E-state index is 0.0316. The maximum atomic E-state index is 11.2. The van der Waals surface area contributed by atoms with Crippen molar-refractivity contribution in [3.63, 3.8) is 0 Å². The number of unbranched alkanes of at least 4 members (excludes halogenated alkanes) is 2. The first-order valence-corrected chi connectivity index (χ1v) is 5.85. The number of thiol groups is 1. The highest BCUT2D eigenvalue weighted by molar-refractivity contribution is 7.80. The summed E-state index contributed by atoms with van der Waals surface area (Å²) in [6.45, 7) is 0.421. The van der Waals surface area contributed by atoms with Crippen molar-refractivity contribution in [1.29, 1.82) is 0 Å². The van der Waals surface area contributed by atoms with Gasteiger partial charge in [-0.2, -0.15) is 12.6 Å². The van der Waals surface area contributed by atoms with Gasteiger partial charge in [0.05, 0.1) is 6.54 Å². The van der Waals surface area contributed by atoms with E-state index in [4.69, 9.17) is 5.84 Å². The van der Waals surface area contributed by atoms with E-state index < -0.39 is 6.09 Å². The lowest BCUT2D eigenvalue weighted by atomic mass is 10.2. The minimum atomic E-state index is -0.706. The van der Waals surface area contributed by atoms with Crippen molar-refractivity contribution in [3.05, 3.63) is 0 Å². The fraction of sp³-hybridized carbons (Fsp3) is 0.778. The monoisotopic (exact) mass is 249 g/mol. The van der Waals surface area contributed by atoms with Crippen LogP contribution in [0.25, 0.3) is 0 Å². The van der Waals surface area contributed by atoms with Crippen LogP contribution in [0.4, 0.5) is 4.79 Å². The van der Waals surface area contributed by atoms with Crippen molar-refractivity contribution in [3.8, 4) is 0 Å². The van der Waals surface area contributed by atoms with Gasteiger partial charge in [0.25, 0.3) is 0 Å². The Bertz CT molecular complexity index is 214. The molecule has 0 aliphatic carbocycles. The van der Waals surface area contributed by atoms with E-state index in [1.54, 1.807) is 0 Å². The van der Waals surface area contributed by atoms with Crippen molar-refractivity contribution in [2.75, 3.05) is 18.9 Å². The third-order valence-electron chi connectivity index (χ3n) is 1.84. The Balaban J connectivity index is 3.27. The zero-order valence-corrected chi connectivity index (χ0v) is 10.1. The number of hydrogen-bond donors (Lipinski definition) is 4. The van der Waals surface area contributed by atoms with Crippen LogP contribution < -0.4 is 16.6 Å². The summed E-state index contributed by atoms with van der Waals surface area (Å²) in [6.07, 6.45) is 2.68. The molecule has 0 heterocycles. The molecular formula is C9H19N3O3S. The van der Waals surface area contributed by atoms with Crippen molar-refractivity contribution in [2.24, 2.45) is 5.84 Å². The second kappa shape index (κ2) is 10.6. The molecule has 0 radical (unpaired) electrons. The largest absolute Gasteiger partial charge is 0.447 e. The van der Waals surface area contributed by atoms with Gasteiger partial charge in [0.1, 0.15) is 6.61 Å². The van der Waals surface area contributed by atoms with E-state index in [0.717, 1.165) is 25.0 Å². The Morgan fingerprint density at radius 2 is 2.00 bits per heavy atom. The summed E-state index contributed by atoms with van der Waals surface area (Å²) in [5.41, 5.74) is 1.82. The van der Waals surface area contributed by atoms with Gasteiger partial charge in [-0.3, -0.25) is 10.2 Å². The molecule has 6 nitrogen and oxygen atoms in total. The number of hydrogen-bond acceptors (Lipinski definition) is 5. The van der Waals surface area contributed by atoms with Crippen LogP contribution in [-0.4, -0.2) is 30.9 Å². The zero-order valence-electron chi connectivity index (χ0n) is 9.20. The standard InChI is InChI=1S/C9H19N3O3S/c10-12-9(14)15-6-5-11-8(13)4-2-1-3-7-16/h16H,1-7,10H2,(H,11,13)(H,12,14). The van der Waals surface area contributed by atoms with Gasteiger partial charge in [-0.15, -0.1) is 0 Å². The maximum absolute atomic E-state index is 11.2. The quantitative estimate of drug-likeness (QED) is 0.162. The first kappa shape index (κ1) is 15.0. The molecule has 0 bridgehead atoms. The summed E-state index contributed by atoms with van der Waals surface area (Å²) in [4.78, 5) is 21.7. The SMILES string of the molecule is NNC(=O)OCCNC(=O)CCCCCS. The topological polar surface area (TPSA) is 93.4 Å². The van der Waals surface area contributed by atoms with E-state index in [1.807, 2.05) is 5.43 Å². The van der Waals surface area contributed by atoms with E-state index in [0.29, 0.717) is 13.0 Å². The van der Waals surface area contributed by atoms with Crippen LogP contribution in [0.5, 0.6) is 0 Å². The maximum Gasteiger partial charge on any atom is 0.421 e. The molecule has 0 saturated carbocycles. The molecule has 16 heavy (non-hydrogen) atoms. The molecule has 0 rings (SSSR count). The highest BCUT2D eigenvalue weighted by atomic mass is 32.1. The number of hydrazine groups is 1. The van der Waals surface area contributed by atoms with Gasteiger partial charge in [0, 0.05) is 6.42 Å². The Kier molecular flexibility index (Phi) is 9.94. The molecule has 94 valence electrons. The molecular weight excluding hydrogens is 230 g/mol. The van der Waals surface area contributed by atoms with Crippen LogP contribution in [-0.2, 0) is 9.53 Å². The number of carbonyl (C=O) groups is 2. The second-order valence-corrected chi connectivity index (χ2v) is 3.61.